The van der Waals surface area contributed by atoms with E-state index in [-0.39, 0.29) is 0 Å². The van der Waals surface area contributed by atoms with Crippen LogP contribution in [0.5, 0.6) is 0 Å². The first kappa shape index (κ1) is 31.9. The Labute approximate surface area is 338 Å². The SMILES string of the molecule is c1ccc(-c2cnc3c(n2)c2cccc4c5ccc(-c6ccccc6)c6c7nccnc7n(/c(=C(\c7cccc8sccc78)c7cccc8ccsc78)n3c42)c56)cc1. The Kier molecular flexibility index (Phi) is 6.66. The first-order valence-electron chi connectivity index (χ1n) is 19.2. The van der Waals surface area contributed by atoms with Crippen molar-refractivity contribution in [1.29, 1.82) is 0 Å². The molecule has 7 heterocycles. The van der Waals surface area contributed by atoms with Gasteiger partial charge in [0.15, 0.2) is 11.3 Å². The molecule has 8 heteroatoms. The third-order valence-corrected chi connectivity index (χ3v) is 13.5. The van der Waals surface area contributed by atoms with Crippen LogP contribution in [0.4, 0.5) is 0 Å². The highest BCUT2D eigenvalue weighted by atomic mass is 32.1. The molecule has 0 spiro atoms. The van der Waals surface area contributed by atoms with Gasteiger partial charge in [0.25, 0.3) is 0 Å². The summed E-state index contributed by atoms with van der Waals surface area (Å²) in [6.07, 6.45) is 5.55. The van der Waals surface area contributed by atoms with Gasteiger partial charge in [-0.05, 0) is 51.0 Å². The molecule has 0 aliphatic carbocycles. The first-order chi connectivity index (χ1) is 28.8. The van der Waals surface area contributed by atoms with E-state index in [0.29, 0.717) is 0 Å². The number of hydrogen-bond acceptors (Lipinski definition) is 6. The predicted octanol–water partition coefficient (Wildman–Crippen LogP) is 12.1. The van der Waals surface area contributed by atoms with Gasteiger partial charge in [0.05, 0.1) is 22.9 Å². The second-order valence-electron chi connectivity index (χ2n) is 14.6. The van der Waals surface area contributed by atoms with E-state index in [2.05, 4.69) is 141 Å². The summed E-state index contributed by atoms with van der Waals surface area (Å²) >= 11 is 3.54. The highest BCUT2D eigenvalue weighted by Crippen LogP contribution is 2.42. The topological polar surface area (TPSA) is 60.4 Å². The van der Waals surface area contributed by atoms with Crippen LogP contribution in [-0.4, -0.2) is 28.7 Å². The maximum atomic E-state index is 5.43. The smallest absolute Gasteiger partial charge is 0.165 e. The molecule has 0 unspecified atom stereocenters. The van der Waals surface area contributed by atoms with Crippen molar-refractivity contribution in [3.05, 3.63) is 185 Å². The van der Waals surface area contributed by atoms with Gasteiger partial charge in [-0.1, -0.05) is 121 Å². The molecule has 13 rings (SSSR count). The fourth-order valence-electron chi connectivity index (χ4n) is 9.21. The molecule has 0 saturated carbocycles. The van der Waals surface area contributed by atoms with Gasteiger partial charge in [0.2, 0.25) is 0 Å². The molecule has 0 radical (unpaired) electrons. The fourth-order valence-corrected chi connectivity index (χ4v) is 10.9. The summed E-state index contributed by atoms with van der Waals surface area (Å²) in [6, 6.07) is 49.9. The third-order valence-electron chi connectivity index (χ3n) is 11.6. The van der Waals surface area contributed by atoms with Crippen molar-refractivity contribution in [3.63, 3.8) is 0 Å². The number of nitrogens with zero attached hydrogens (tertiary/aromatic N) is 6. The number of fused-ring (bicyclic) bond motifs is 9. The Morgan fingerprint density at radius 2 is 1.22 bits per heavy atom. The molecule has 0 saturated heterocycles. The molecule has 270 valence electrons. The molecule has 0 amide bonds. The molecular weight excluding hydrogens is 749 g/mol. The largest absolute Gasteiger partial charge is 0.276 e. The average molecular weight is 777 g/mol. The molecule has 0 atom stereocenters. The van der Waals surface area contributed by atoms with Gasteiger partial charge in [-0.2, -0.15) is 0 Å². The lowest BCUT2D eigenvalue weighted by Gasteiger charge is -2.14. The summed E-state index contributed by atoms with van der Waals surface area (Å²) in [5, 5.41) is 11.1. The highest BCUT2D eigenvalue weighted by Gasteiger charge is 2.26. The molecule has 7 aromatic heterocycles. The molecule has 0 aliphatic heterocycles. The van der Waals surface area contributed by atoms with E-state index in [1.165, 1.54) is 20.2 Å². The molecule has 0 bridgehead atoms. The quantitative estimate of drug-likeness (QED) is 0.179. The minimum Gasteiger partial charge on any atom is -0.276 e. The first-order valence-corrected chi connectivity index (χ1v) is 21.0. The van der Waals surface area contributed by atoms with Crippen molar-refractivity contribution in [2.24, 2.45) is 0 Å². The van der Waals surface area contributed by atoms with Crippen LogP contribution in [0.2, 0.25) is 0 Å². The van der Waals surface area contributed by atoms with E-state index in [0.717, 1.165) is 99.5 Å². The number of para-hydroxylation sites is 1. The molecule has 6 aromatic carbocycles. The van der Waals surface area contributed by atoms with Gasteiger partial charge in [-0.15, -0.1) is 22.7 Å². The van der Waals surface area contributed by atoms with Crippen LogP contribution >= 0.6 is 22.7 Å². The molecule has 58 heavy (non-hydrogen) atoms. The van der Waals surface area contributed by atoms with Crippen LogP contribution in [0, 0.1) is 0 Å². The second kappa shape index (κ2) is 12.1. The minimum absolute atomic E-state index is 0.778. The zero-order valence-corrected chi connectivity index (χ0v) is 32.3. The highest BCUT2D eigenvalue weighted by molar-refractivity contribution is 7.17. The van der Waals surface area contributed by atoms with Crippen LogP contribution in [0.1, 0.15) is 11.1 Å². The second-order valence-corrected chi connectivity index (χ2v) is 16.5. The van der Waals surface area contributed by atoms with E-state index < -0.39 is 0 Å². The van der Waals surface area contributed by atoms with Crippen LogP contribution in [0.15, 0.2) is 169 Å². The van der Waals surface area contributed by atoms with Crippen molar-refractivity contribution in [3.8, 4) is 22.4 Å². The summed E-state index contributed by atoms with van der Waals surface area (Å²) in [7, 11) is 0. The van der Waals surface area contributed by atoms with Crippen molar-refractivity contribution in [1.82, 2.24) is 28.7 Å². The lowest BCUT2D eigenvalue weighted by atomic mass is 9.95. The van der Waals surface area contributed by atoms with Gasteiger partial charge in [-0.3, -0.25) is 13.8 Å². The lowest BCUT2D eigenvalue weighted by Crippen LogP contribution is -2.25. The molecule has 0 fully saturated rings. The fraction of sp³-hybridized carbons (Fsp3) is 0. The number of benzene rings is 6. The van der Waals surface area contributed by atoms with Crippen molar-refractivity contribution in [2.75, 3.05) is 0 Å². The molecule has 0 aliphatic rings. The van der Waals surface area contributed by atoms with E-state index in [1.54, 1.807) is 22.7 Å². The number of hydrogen-bond donors (Lipinski definition) is 0. The van der Waals surface area contributed by atoms with Crippen molar-refractivity contribution >= 4 is 103 Å². The number of aromatic nitrogens is 6. The van der Waals surface area contributed by atoms with E-state index in [9.17, 15) is 0 Å². The van der Waals surface area contributed by atoms with E-state index >= 15 is 0 Å². The van der Waals surface area contributed by atoms with Gasteiger partial charge < -0.3 is 0 Å². The van der Waals surface area contributed by atoms with Crippen molar-refractivity contribution in [2.45, 2.75) is 0 Å². The minimum atomic E-state index is 0.778. The average Bonchev–Trinajstić information content (AvgIpc) is 4.09. The normalized spacial score (nSPS) is 12.8. The molecule has 6 nitrogen and oxygen atoms in total. The predicted molar refractivity (Wildman–Crippen MR) is 241 cm³/mol. The van der Waals surface area contributed by atoms with Crippen molar-refractivity contribution < 1.29 is 0 Å². The molecular formula is C50H28N6S2. The maximum Gasteiger partial charge on any atom is 0.165 e. The van der Waals surface area contributed by atoms with Crippen LogP contribution in [-0.2, 0) is 0 Å². The van der Waals surface area contributed by atoms with Crippen LogP contribution in [0.25, 0.3) is 103 Å². The Morgan fingerprint density at radius 3 is 2.12 bits per heavy atom. The molecule has 0 N–H and O–H groups in total. The number of rotatable bonds is 4. The Bertz CT molecular complexity index is 3780. The van der Waals surface area contributed by atoms with Gasteiger partial charge >= 0.3 is 0 Å². The summed E-state index contributed by atoms with van der Waals surface area (Å²) in [6.45, 7) is 0. The maximum absolute atomic E-state index is 5.43. The van der Waals surface area contributed by atoms with Gasteiger partial charge in [0.1, 0.15) is 16.5 Å². The van der Waals surface area contributed by atoms with E-state index in [1.807, 2.05) is 36.8 Å². The van der Waals surface area contributed by atoms with Gasteiger partial charge in [-0.25, -0.2) is 15.0 Å². The molecule has 13 aromatic rings. The summed E-state index contributed by atoms with van der Waals surface area (Å²) in [4.78, 5) is 21.2. The zero-order chi connectivity index (χ0) is 37.9. The Morgan fingerprint density at radius 1 is 0.500 bits per heavy atom. The lowest BCUT2D eigenvalue weighted by molar-refractivity contribution is 0.999. The summed E-state index contributed by atoms with van der Waals surface area (Å²) in [5.41, 5.74) is 13.8. The zero-order valence-electron chi connectivity index (χ0n) is 30.7. The summed E-state index contributed by atoms with van der Waals surface area (Å²) < 4.78 is 7.21. The number of thiophene rings is 2. The van der Waals surface area contributed by atoms with Crippen LogP contribution in [0.3, 0.4) is 0 Å². The van der Waals surface area contributed by atoms with E-state index in [4.69, 9.17) is 19.9 Å². The Hall–Kier alpha value is -7.26. The van der Waals surface area contributed by atoms with Crippen LogP contribution < -0.4 is 5.48 Å². The summed E-state index contributed by atoms with van der Waals surface area (Å²) in [5.74, 6) is 0. The standard InChI is InChI=1S/C50H28N6S2/c1-3-10-29(11-4-1)32-20-21-36-35-16-8-18-38-43-48(53-28-39(54-43)30-12-5-2-6-13-30)55(45(35)38)50(56-46(36)42(32)44-49(56)52-25-24-51-44)41(34-15-9-19-40-33(34)23-27-57-40)37-17-7-14-31-22-26-58-47(31)37/h1-28H/b50-41+. The third kappa shape index (κ3) is 4.35. The Balaban J connectivity index is 1.41. The van der Waals surface area contributed by atoms with Gasteiger partial charge in [0, 0.05) is 65.4 Å². The monoisotopic (exact) mass is 776 g/mol.